The summed E-state index contributed by atoms with van der Waals surface area (Å²) in [5.74, 6) is 0.286. The van der Waals surface area contributed by atoms with Crippen LogP contribution in [-0.4, -0.2) is 19.2 Å². The number of rotatable bonds is 1. The largest absolute Gasteiger partial charge is 0.375 e. The number of anilines is 1. The van der Waals surface area contributed by atoms with E-state index in [9.17, 15) is 8.42 Å². The van der Waals surface area contributed by atoms with Crippen LogP contribution in [-0.2, 0) is 9.84 Å². The molecule has 1 atom stereocenters. The lowest BCUT2D eigenvalue weighted by molar-refractivity contribution is 0.591. The van der Waals surface area contributed by atoms with Crippen LogP contribution in [0.2, 0.25) is 0 Å². The molecule has 2 heterocycles. The lowest BCUT2D eigenvalue weighted by Crippen LogP contribution is -2.09. The molecule has 4 nitrogen and oxygen atoms in total. The standard InChI is InChI=1S/C8H12N2O2S2/c1-5-7(10-8(9)13-5)6-3-2-4-14(6,11)12/h6H,2-4H2,1H3,(H2,9,10). The van der Waals surface area contributed by atoms with E-state index in [0.29, 0.717) is 17.2 Å². The number of sulfone groups is 1. The molecule has 1 unspecified atom stereocenters. The molecule has 1 fully saturated rings. The molecule has 0 aromatic carbocycles. The van der Waals surface area contributed by atoms with Gasteiger partial charge in [0.15, 0.2) is 15.0 Å². The Hall–Kier alpha value is -0.620. The average molecular weight is 232 g/mol. The van der Waals surface area contributed by atoms with Crippen LogP contribution in [0.15, 0.2) is 0 Å². The Labute approximate surface area is 87.1 Å². The van der Waals surface area contributed by atoms with Crippen LogP contribution in [0.5, 0.6) is 0 Å². The number of hydrogen-bond donors (Lipinski definition) is 1. The summed E-state index contributed by atoms with van der Waals surface area (Å²) in [4.78, 5) is 5.03. The molecule has 0 amide bonds. The Morgan fingerprint density at radius 3 is 2.71 bits per heavy atom. The minimum atomic E-state index is -2.96. The van der Waals surface area contributed by atoms with Gasteiger partial charge < -0.3 is 5.73 Å². The van der Waals surface area contributed by atoms with Gasteiger partial charge in [-0.1, -0.05) is 0 Å². The number of aromatic nitrogens is 1. The van der Waals surface area contributed by atoms with Crippen molar-refractivity contribution in [1.82, 2.24) is 4.98 Å². The zero-order valence-electron chi connectivity index (χ0n) is 7.86. The maximum atomic E-state index is 11.6. The first-order chi connectivity index (χ1) is 6.50. The first kappa shape index (κ1) is 9.92. The molecule has 1 aromatic heterocycles. The summed E-state index contributed by atoms with van der Waals surface area (Å²) in [5.41, 5.74) is 6.22. The molecule has 14 heavy (non-hydrogen) atoms. The van der Waals surface area contributed by atoms with E-state index in [2.05, 4.69) is 4.98 Å². The summed E-state index contributed by atoms with van der Waals surface area (Å²) in [6.07, 6.45) is 1.43. The van der Waals surface area contributed by atoms with Gasteiger partial charge in [0.25, 0.3) is 0 Å². The molecule has 2 N–H and O–H groups in total. The Morgan fingerprint density at radius 1 is 1.57 bits per heavy atom. The molecule has 1 aliphatic rings. The average Bonchev–Trinajstić information content (AvgIpc) is 2.54. The van der Waals surface area contributed by atoms with Gasteiger partial charge in [0.1, 0.15) is 5.25 Å². The number of nitrogens with zero attached hydrogens (tertiary/aromatic N) is 1. The van der Waals surface area contributed by atoms with Crippen molar-refractivity contribution in [3.05, 3.63) is 10.6 Å². The third-order valence-corrected chi connectivity index (χ3v) is 5.48. The number of nitrogens with two attached hydrogens (primary N) is 1. The number of nitrogen functional groups attached to an aromatic ring is 1. The smallest absolute Gasteiger partial charge is 0.180 e. The maximum Gasteiger partial charge on any atom is 0.180 e. The van der Waals surface area contributed by atoms with Gasteiger partial charge in [-0.25, -0.2) is 13.4 Å². The predicted molar refractivity (Wildman–Crippen MR) is 57.0 cm³/mol. The molecule has 6 heteroatoms. The second-order valence-electron chi connectivity index (χ2n) is 3.49. The van der Waals surface area contributed by atoms with E-state index in [0.717, 1.165) is 11.3 Å². The number of hydrogen-bond acceptors (Lipinski definition) is 5. The normalized spacial score (nSPS) is 25.4. The van der Waals surface area contributed by atoms with Crippen molar-refractivity contribution in [2.24, 2.45) is 0 Å². The first-order valence-electron chi connectivity index (χ1n) is 4.45. The Bertz CT molecular complexity index is 450. The summed E-state index contributed by atoms with van der Waals surface area (Å²) >= 11 is 1.36. The molecule has 2 rings (SSSR count). The van der Waals surface area contributed by atoms with Gasteiger partial charge in [0, 0.05) is 4.88 Å². The van der Waals surface area contributed by atoms with E-state index in [4.69, 9.17) is 5.73 Å². The Balaban J connectivity index is 2.45. The molecule has 0 bridgehead atoms. The molecule has 1 aromatic rings. The van der Waals surface area contributed by atoms with Crippen molar-refractivity contribution in [2.45, 2.75) is 25.0 Å². The molecule has 0 radical (unpaired) electrons. The fourth-order valence-corrected chi connectivity index (χ4v) is 4.60. The molecular formula is C8H12N2O2S2. The van der Waals surface area contributed by atoms with Crippen LogP contribution in [0.3, 0.4) is 0 Å². The highest BCUT2D eigenvalue weighted by atomic mass is 32.2. The SMILES string of the molecule is Cc1sc(N)nc1C1CCCS1(=O)=O. The molecule has 1 saturated heterocycles. The van der Waals surface area contributed by atoms with Gasteiger partial charge in [-0.2, -0.15) is 0 Å². The first-order valence-corrected chi connectivity index (χ1v) is 6.98. The van der Waals surface area contributed by atoms with Crippen molar-refractivity contribution >= 4 is 26.3 Å². The van der Waals surface area contributed by atoms with Gasteiger partial charge >= 0.3 is 0 Å². The fraction of sp³-hybridized carbons (Fsp3) is 0.625. The lowest BCUT2D eigenvalue weighted by atomic mass is 10.2. The van der Waals surface area contributed by atoms with E-state index >= 15 is 0 Å². The number of aryl methyl sites for hydroxylation is 1. The van der Waals surface area contributed by atoms with Crippen LogP contribution < -0.4 is 5.73 Å². The van der Waals surface area contributed by atoms with Crippen molar-refractivity contribution < 1.29 is 8.42 Å². The van der Waals surface area contributed by atoms with Crippen LogP contribution in [0.1, 0.15) is 28.7 Å². The van der Waals surface area contributed by atoms with Gasteiger partial charge in [-0.05, 0) is 19.8 Å². The second kappa shape index (κ2) is 3.20. The summed E-state index contributed by atoms with van der Waals surface area (Å²) in [6.45, 7) is 1.87. The van der Waals surface area contributed by atoms with Crippen LogP contribution >= 0.6 is 11.3 Å². The van der Waals surface area contributed by atoms with E-state index in [1.165, 1.54) is 11.3 Å². The van der Waals surface area contributed by atoms with E-state index in [1.54, 1.807) is 0 Å². The summed E-state index contributed by atoms with van der Waals surface area (Å²) in [6, 6.07) is 0. The zero-order chi connectivity index (χ0) is 10.3. The highest BCUT2D eigenvalue weighted by molar-refractivity contribution is 7.91. The highest BCUT2D eigenvalue weighted by Gasteiger charge is 2.35. The van der Waals surface area contributed by atoms with Gasteiger partial charge in [-0.15, -0.1) is 11.3 Å². The van der Waals surface area contributed by atoms with Crippen LogP contribution in [0.25, 0.3) is 0 Å². The van der Waals surface area contributed by atoms with Gasteiger partial charge in [0.2, 0.25) is 0 Å². The third-order valence-electron chi connectivity index (χ3n) is 2.48. The van der Waals surface area contributed by atoms with Gasteiger partial charge in [0.05, 0.1) is 11.4 Å². The molecule has 0 saturated carbocycles. The second-order valence-corrected chi connectivity index (χ2v) is 7.03. The van der Waals surface area contributed by atoms with Crippen molar-refractivity contribution in [3.63, 3.8) is 0 Å². The molecular weight excluding hydrogens is 220 g/mol. The topological polar surface area (TPSA) is 73.0 Å². The zero-order valence-corrected chi connectivity index (χ0v) is 9.49. The van der Waals surface area contributed by atoms with E-state index in [1.807, 2.05) is 6.92 Å². The minimum absolute atomic E-state index is 0.286. The maximum absolute atomic E-state index is 11.6. The highest BCUT2D eigenvalue weighted by Crippen LogP contribution is 2.37. The summed E-state index contributed by atoms with van der Waals surface area (Å²) in [7, 11) is -2.96. The van der Waals surface area contributed by atoms with Crippen molar-refractivity contribution in [3.8, 4) is 0 Å². The Morgan fingerprint density at radius 2 is 2.29 bits per heavy atom. The van der Waals surface area contributed by atoms with Crippen molar-refractivity contribution in [2.75, 3.05) is 11.5 Å². The van der Waals surface area contributed by atoms with E-state index < -0.39 is 15.1 Å². The molecule has 78 valence electrons. The van der Waals surface area contributed by atoms with Crippen molar-refractivity contribution in [1.29, 1.82) is 0 Å². The Kier molecular flexibility index (Phi) is 2.27. The van der Waals surface area contributed by atoms with Crippen LogP contribution in [0, 0.1) is 6.92 Å². The fourth-order valence-electron chi connectivity index (χ4n) is 1.83. The molecule has 0 spiro atoms. The van der Waals surface area contributed by atoms with Gasteiger partial charge in [-0.3, -0.25) is 0 Å². The molecule has 0 aliphatic carbocycles. The predicted octanol–water partition coefficient (Wildman–Crippen LogP) is 1.28. The van der Waals surface area contributed by atoms with E-state index in [-0.39, 0.29) is 5.75 Å². The monoisotopic (exact) mass is 232 g/mol. The lowest BCUT2D eigenvalue weighted by Gasteiger charge is -2.06. The summed E-state index contributed by atoms with van der Waals surface area (Å²) < 4.78 is 23.3. The minimum Gasteiger partial charge on any atom is -0.375 e. The summed E-state index contributed by atoms with van der Waals surface area (Å²) in [5, 5.41) is 0.0515. The third kappa shape index (κ3) is 1.52. The molecule has 1 aliphatic heterocycles. The quantitative estimate of drug-likeness (QED) is 0.791. The van der Waals surface area contributed by atoms with Crippen LogP contribution in [0.4, 0.5) is 5.13 Å². The number of thiazole rings is 1.